The van der Waals surface area contributed by atoms with Gasteiger partial charge in [-0.05, 0) is 17.7 Å². The van der Waals surface area contributed by atoms with Crippen molar-refractivity contribution >= 4 is 10.0 Å². The predicted molar refractivity (Wildman–Crippen MR) is 68.7 cm³/mol. The van der Waals surface area contributed by atoms with Gasteiger partial charge in [0, 0.05) is 19.2 Å². The minimum absolute atomic E-state index is 0.313. The third kappa shape index (κ3) is 4.57. The summed E-state index contributed by atoms with van der Waals surface area (Å²) in [4.78, 5) is 0. The molecule has 0 saturated carbocycles. The van der Waals surface area contributed by atoms with Gasteiger partial charge in [0.25, 0.3) is 0 Å². The lowest BCUT2D eigenvalue weighted by atomic mass is 10.1. The van der Waals surface area contributed by atoms with Crippen molar-refractivity contribution in [2.24, 2.45) is 5.73 Å². The van der Waals surface area contributed by atoms with Gasteiger partial charge in [0.15, 0.2) is 0 Å². The molecule has 0 atom stereocenters. The molecule has 17 heavy (non-hydrogen) atoms. The number of nitrogens with zero attached hydrogens (tertiary/aromatic N) is 1. The van der Waals surface area contributed by atoms with Crippen molar-refractivity contribution < 1.29 is 8.42 Å². The first-order chi connectivity index (χ1) is 7.93. The Kier molecular flexibility index (Phi) is 4.70. The number of hydrogen-bond acceptors (Lipinski definition) is 3. The molecule has 1 aromatic rings. The van der Waals surface area contributed by atoms with E-state index in [1.807, 2.05) is 24.3 Å². The van der Waals surface area contributed by atoms with E-state index in [0.29, 0.717) is 13.1 Å². The lowest BCUT2D eigenvalue weighted by Crippen LogP contribution is -2.24. The van der Waals surface area contributed by atoms with E-state index in [0.717, 1.165) is 11.1 Å². The number of hydrogen-bond donors (Lipinski definition) is 1. The number of benzene rings is 1. The van der Waals surface area contributed by atoms with Crippen LogP contribution in [0.25, 0.3) is 0 Å². The number of rotatable bonds is 3. The maximum absolute atomic E-state index is 11.3. The maximum atomic E-state index is 11.3. The van der Waals surface area contributed by atoms with Crippen LogP contribution >= 0.6 is 0 Å². The van der Waals surface area contributed by atoms with Crippen molar-refractivity contribution in [1.29, 1.82) is 0 Å². The molecule has 1 aromatic carbocycles. The average molecular weight is 252 g/mol. The molecule has 92 valence electrons. The molecule has 1 rings (SSSR count). The smallest absolute Gasteiger partial charge is 0.211 e. The molecule has 0 heterocycles. The normalized spacial score (nSPS) is 11.1. The zero-order valence-corrected chi connectivity index (χ0v) is 10.8. The molecule has 0 saturated heterocycles. The van der Waals surface area contributed by atoms with Gasteiger partial charge in [-0.3, -0.25) is 0 Å². The minimum Gasteiger partial charge on any atom is -0.320 e. The molecule has 0 bridgehead atoms. The van der Waals surface area contributed by atoms with Crippen LogP contribution in [0.15, 0.2) is 24.3 Å². The molecular formula is C12H16N2O2S. The molecule has 0 unspecified atom stereocenters. The first kappa shape index (κ1) is 13.7. The van der Waals surface area contributed by atoms with Gasteiger partial charge in [0.2, 0.25) is 10.0 Å². The van der Waals surface area contributed by atoms with Gasteiger partial charge in [-0.2, -0.15) is 0 Å². The fourth-order valence-corrected chi connectivity index (χ4v) is 1.66. The highest BCUT2D eigenvalue weighted by atomic mass is 32.2. The summed E-state index contributed by atoms with van der Waals surface area (Å²) >= 11 is 0. The van der Waals surface area contributed by atoms with Crippen LogP contribution < -0.4 is 5.73 Å². The Morgan fingerprint density at radius 3 is 2.71 bits per heavy atom. The van der Waals surface area contributed by atoms with E-state index in [2.05, 4.69) is 11.8 Å². The maximum Gasteiger partial charge on any atom is 0.211 e. The lowest BCUT2D eigenvalue weighted by molar-refractivity contribution is 0.472. The van der Waals surface area contributed by atoms with Crippen molar-refractivity contribution in [3.05, 3.63) is 35.4 Å². The van der Waals surface area contributed by atoms with Gasteiger partial charge < -0.3 is 5.73 Å². The first-order valence-electron chi connectivity index (χ1n) is 5.12. The molecule has 0 spiro atoms. The van der Waals surface area contributed by atoms with Crippen LogP contribution in [-0.2, 0) is 16.6 Å². The van der Waals surface area contributed by atoms with Gasteiger partial charge in [0.05, 0.1) is 12.8 Å². The van der Waals surface area contributed by atoms with E-state index in [1.54, 1.807) is 7.05 Å². The zero-order chi connectivity index (χ0) is 12.9. The van der Waals surface area contributed by atoms with E-state index in [4.69, 9.17) is 5.73 Å². The van der Waals surface area contributed by atoms with Crippen LogP contribution in [0.4, 0.5) is 0 Å². The van der Waals surface area contributed by atoms with Crippen molar-refractivity contribution in [3.8, 4) is 11.8 Å². The fraction of sp³-hybridized carbons (Fsp3) is 0.333. The van der Waals surface area contributed by atoms with Crippen molar-refractivity contribution in [3.63, 3.8) is 0 Å². The summed E-state index contributed by atoms with van der Waals surface area (Å²) in [6.45, 7) is 0.657. The monoisotopic (exact) mass is 252 g/mol. The van der Waals surface area contributed by atoms with Crippen LogP contribution in [0.3, 0.4) is 0 Å². The topological polar surface area (TPSA) is 63.4 Å². The number of sulfonamides is 1. The number of nitrogens with two attached hydrogens (primary N) is 1. The van der Waals surface area contributed by atoms with E-state index >= 15 is 0 Å². The predicted octanol–water partition coefficient (Wildman–Crippen LogP) is 0.388. The summed E-state index contributed by atoms with van der Waals surface area (Å²) in [5, 5.41) is 0. The Balaban J connectivity index is 2.86. The molecule has 0 amide bonds. The molecular weight excluding hydrogens is 236 g/mol. The van der Waals surface area contributed by atoms with Gasteiger partial charge in [-0.1, -0.05) is 24.0 Å². The summed E-state index contributed by atoms with van der Waals surface area (Å²) in [7, 11) is -1.60. The van der Waals surface area contributed by atoms with Gasteiger partial charge in [0.1, 0.15) is 0 Å². The van der Waals surface area contributed by atoms with Crippen LogP contribution in [0.1, 0.15) is 11.1 Å². The van der Waals surface area contributed by atoms with Crippen molar-refractivity contribution in [2.75, 3.05) is 19.8 Å². The third-order valence-corrected chi connectivity index (χ3v) is 3.49. The van der Waals surface area contributed by atoms with E-state index in [-0.39, 0.29) is 0 Å². The second-order valence-electron chi connectivity index (χ2n) is 3.73. The van der Waals surface area contributed by atoms with Gasteiger partial charge in [-0.15, -0.1) is 0 Å². The summed E-state index contributed by atoms with van der Waals surface area (Å²) in [5.74, 6) is 5.67. The van der Waals surface area contributed by atoms with Crippen molar-refractivity contribution in [2.45, 2.75) is 6.54 Å². The molecule has 0 radical (unpaired) electrons. The zero-order valence-electron chi connectivity index (χ0n) is 9.97. The quantitative estimate of drug-likeness (QED) is 0.791. The van der Waals surface area contributed by atoms with E-state index < -0.39 is 10.0 Å². The first-order valence-corrected chi connectivity index (χ1v) is 6.97. The Morgan fingerprint density at radius 2 is 2.12 bits per heavy atom. The highest BCUT2D eigenvalue weighted by Crippen LogP contribution is 2.08. The highest BCUT2D eigenvalue weighted by Gasteiger charge is 2.10. The van der Waals surface area contributed by atoms with E-state index in [9.17, 15) is 8.42 Å². The van der Waals surface area contributed by atoms with E-state index in [1.165, 1.54) is 10.6 Å². The van der Waals surface area contributed by atoms with Crippen molar-refractivity contribution in [1.82, 2.24) is 4.31 Å². The molecule has 0 aliphatic heterocycles. The van der Waals surface area contributed by atoms with Gasteiger partial charge >= 0.3 is 0 Å². The molecule has 2 N–H and O–H groups in total. The highest BCUT2D eigenvalue weighted by molar-refractivity contribution is 7.88. The van der Waals surface area contributed by atoms with Crippen LogP contribution in [0.2, 0.25) is 0 Å². The molecule has 0 aliphatic carbocycles. The lowest BCUT2D eigenvalue weighted by Gasteiger charge is -2.13. The SMILES string of the molecule is CN(Cc1cccc(C#CCN)c1)S(C)(=O)=O. The second-order valence-corrected chi connectivity index (χ2v) is 5.81. The van der Waals surface area contributed by atoms with Crippen LogP contribution in [0, 0.1) is 11.8 Å². The molecule has 4 nitrogen and oxygen atoms in total. The molecule has 0 aromatic heterocycles. The van der Waals surface area contributed by atoms with Crippen LogP contribution in [-0.4, -0.2) is 32.6 Å². The summed E-state index contributed by atoms with van der Waals surface area (Å²) in [6.07, 6.45) is 1.19. The summed E-state index contributed by atoms with van der Waals surface area (Å²) in [6, 6.07) is 7.46. The third-order valence-electron chi connectivity index (χ3n) is 2.23. The Labute approximate surface area is 102 Å². The minimum atomic E-state index is -3.15. The second kappa shape index (κ2) is 5.82. The fourth-order valence-electron chi connectivity index (χ4n) is 1.27. The Hall–Kier alpha value is -1.35. The largest absolute Gasteiger partial charge is 0.320 e. The summed E-state index contributed by atoms with van der Waals surface area (Å²) in [5.41, 5.74) is 7.04. The van der Waals surface area contributed by atoms with Gasteiger partial charge in [-0.25, -0.2) is 12.7 Å². The average Bonchev–Trinajstić information content (AvgIpc) is 2.25. The molecule has 5 heteroatoms. The molecule has 0 aliphatic rings. The standard InChI is InChI=1S/C12H16N2O2S/c1-14(17(2,15)16)10-12-6-3-5-11(9-12)7-4-8-13/h3,5-6,9H,8,10,13H2,1-2H3. The molecule has 0 fully saturated rings. The van der Waals surface area contributed by atoms with Crippen LogP contribution in [0.5, 0.6) is 0 Å². The Morgan fingerprint density at radius 1 is 1.41 bits per heavy atom. The summed E-state index contributed by atoms with van der Waals surface area (Å²) < 4.78 is 23.8. The Bertz CT molecular complexity index is 541.